The molecule has 0 radical (unpaired) electrons. The minimum atomic E-state index is -3.83. The monoisotopic (exact) mass is 502 g/mol. The fourth-order valence-corrected chi connectivity index (χ4v) is 5.70. The van der Waals surface area contributed by atoms with Gasteiger partial charge < -0.3 is 14.2 Å². The molecule has 0 bridgehead atoms. The third-order valence-corrected chi connectivity index (χ3v) is 7.95. The second-order valence-corrected chi connectivity index (χ2v) is 9.99. The highest BCUT2D eigenvalue weighted by molar-refractivity contribution is 7.94. The summed E-state index contributed by atoms with van der Waals surface area (Å²) in [5.41, 5.74) is 2.07. The van der Waals surface area contributed by atoms with Gasteiger partial charge in [0.15, 0.2) is 0 Å². The van der Waals surface area contributed by atoms with Crippen LogP contribution in [-0.2, 0) is 14.8 Å². The van der Waals surface area contributed by atoms with E-state index >= 15 is 0 Å². The van der Waals surface area contributed by atoms with E-state index in [0.717, 1.165) is 11.3 Å². The van der Waals surface area contributed by atoms with Crippen LogP contribution in [0.3, 0.4) is 0 Å². The van der Waals surface area contributed by atoms with Crippen molar-refractivity contribution < 1.29 is 22.6 Å². The van der Waals surface area contributed by atoms with Gasteiger partial charge in [-0.3, -0.25) is 13.9 Å². The van der Waals surface area contributed by atoms with E-state index in [2.05, 4.69) is 14.7 Å². The average molecular weight is 503 g/mol. The van der Waals surface area contributed by atoms with Crippen LogP contribution < -0.4 is 19.8 Å². The highest BCUT2D eigenvalue weighted by Crippen LogP contribution is 2.31. The summed E-state index contributed by atoms with van der Waals surface area (Å²) < 4.78 is 45.6. The molecule has 0 aliphatic rings. The summed E-state index contributed by atoms with van der Waals surface area (Å²) in [6.45, 7) is 2.28. The van der Waals surface area contributed by atoms with Crippen LogP contribution in [0.15, 0.2) is 57.2 Å². The minimum Gasteiger partial charge on any atom is -0.484 e. The van der Waals surface area contributed by atoms with Crippen LogP contribution in [0.25, 0.3) is 16.8 Å². The van der Waals surface area contributed by atoms with Crippen molar-refractivity contribution in [2.45, 2.75) is 11.1 Å². The SMILES string of the molecule is COCCOc1cnc2ccc(-c3cnc(OC)c(NS(=O)(=O)c4sccc4C)c3)cn2c1=O. The van der Waals surface area contributed by atoms with Gasteiger partial charge in [-0.25, -0.2) is 18.4 Å². The summed E-state index contributed by atoms with van der Waals surface area (Å²) in [4.78, 5) is 21.4. The van der Waals surface area contributed by atoms with E-state index < -0.39 is 10.0 Å². The maximum atomic E-state index is 12.9. The van der Waals surface area contributed by atoms with Gasteiger partial charge in [-0.05, 0) is 42.1 Å². The molecule has 4 aromatic rings. The number of nitrogens with one attached hydrogen (secondary N) is 1. The number of pyridine rings is 2. The number of anilines is 1. The molecule has 0 saturated heterocycles. The van der Waals surface area contributed by atoms with Gasteiger partial charge in [0.05, 0.1) is 19.9 Å². The number of aromatic nitrogens is 3. The quantitative estimate of drug-likeness (QED) is 0.347. The van der Waals surface area contributed by atoms with Crippen molar-refractivity contribution >= 4 is 32.7 Å². The first-order valence-electron chi connectivity index (χ1n) is 10.1. The summed E-state index contributed by atoms with van der Waals surface area (Å²) in [5, 5.41) is 1.71. The number of ether oxygens (including phenoxy) is 3. The molecule has 4 rings (SSSR count). The predicted molar refractivity (Wildman–Crippen MR) is 128 cm³/mol. The third-order valence-electron chi connectivity index (χ3n) is 4.90. The van der Waals surface area contributed by atoms with Crippen molar-refractivity contribution in [2.24, 2.45) is 0 Å². The third kappa shape index (κ3) is 4.74. The molecule has 1 N–H and O–H groups in total. The number of sulfonamides is 1. The first-order valence-corrected chi connectivity index (χ1v) is 12.4. The Morgan fingerprint density at radius 2 is 1.91 bits per heavy atom. The van der Waals surface area contributed by atoms with E-state index in [4.69, 9.17) is 14.2 Å². The zero-order valence-corrected chi connectivity index (χ0v) is 20.3. The number of hydrogen-bond donors (Lipinski definition) is 1. The molecular weight excluding hydrogens is 480 g/mol. The number of thiophene rings is 1. The fraction of sp³-hybridized carbons (Fsp3) is 0.227. The van der Waals surface area contributed by atoms with Crippen molar-refractivity contribution in [1.29, 1.82) is 0 Å². The van der Waals surface area contributed by atoms with Crippen LogP contribution in [0.5, 0.6) is 11.6 Å². The lowest BCUT2D eigenvalue weighted by Gasteiger charge is -2.13. The Kier molecular flexibility index (Phi) is 6.82. The van der Waals surface area contributed by atoms with Crippen molar-refractivity contribution in [2.75, 3.05) is 32.2 Å². The topological polar surface area (TPSA) is 121 Å². The van der Waals surface area contributed by atoms with Gasteiger partial charge in [0, 0.05) is 30.6 Å². The standard InChI is InChI=1S/C22H22N4O6S2/c1-14-6-9-33-22(14)34(28,29)25-17-10-16(11-24-20(17)31-3)15-4-5-19-23-12-18(32-8-7-30-2)21(27)26(19)13-15/h4-6,9-13,25H,7-8H2,1-3H3. The largest absolute Gasteiger partial charge is 0.484 e. The lowest BCUT2D eigenvalue weighted by Crippen LogP contribution is -2.19. The maximum absolute atomic E-state index is 12.9. The second-order valence-electron chi connectivity index (χ2n) is 7.19. The van der Waals surface area contributed by atoms with Crippen LogP contribution in [0.1, 0.15) is 5.56 Å². The Bertz CT molecular complexity index is 1500. The fourth-order valence-electron chi connectivity index (χ4n) is 3.24. The van der Waals surface area contributed by atoms with Crippen LogP contribution in [0, 0.1) is 6.92 Å². The second kappa shape index (κ2) is 9.79. The highest BCUT2D eigenvalue weighted by Gasteiger charge is 2.21. The van der Waals surface area contributed by atoms with E-state index in [-0.39, 0.29) is 33.7 Å². The summed E-state index contributed by atoms with van der Waals surface area (Å²) in [5.74, 6) is 0.217. The molecular formula is C22H22N4O6S2. The van der Waals surface area contributed by atoms with Gasteiger partial charge in [0.25, 0.3) is 15.6 Å². The number of nitrogens with zero attached hydrogens (tertiary/aromatic N) is 3. The molecule has 0 spiro atoms. The molecule has 0 amide bonds. The Balaban J connectivity index is 1.73. The molecule has 34 heavy (non-hydrogen) atoms. The molecule has 10 nitrogen and oxygen atoms in total. The van der Waals surface area contributed by atoms with E-state index in [9.17, 15) is 13.2 Å². The number of methoxy groups -OCH3 is 2. The van der Waals surface area contributed by atoms with E-state index in [0.29, 0.717) is 28.9 Å². The lowest BCUT2D eigenvalue weighted by molar-refractivity contribution is 0.145. The zero-order chi connectivity index (χ0) is 24.3. The van der Waals surface area contributed by atoms with E-state index in [1.807, 2.05) is 0 Å². The summed E-state index contributed by atoms with van der Waals surface area (Å²) in [7, 11) is -0.887. The van der Waals surface area contributed by atoms with Crippen molar-refractivity contribution in [3.63, 3.8) is 0 Å². The molecule has 12 heteroatoms. The summed E-state index contributed by atoms with van der Waals surface area (Å²) in [6, 6.07) is 6.78. The van der Waals surface area contributed by atoms with Gasteiger partial charge in [0.2, 0.25) is 11.6 Å². The normalized spacial score (nSPS) is 11.5. The molecule has 0 aromatic carbocycles. The average Bonchev–Trinajstić information content (AvgIpc) is 3.27. The first kappa shape index (κ1) is 23.7. The van der Waals surface area contributed by atoms with E-state index in [1.165, 1.54) is 23.9 Å². The van der Waals surface area contributed by atoms with Crippen molar-refractivity contribution in [3.05, 3.63) is 64.2 Å². The number of fused-ring (bicyclic) bond motifs is 1. The van der Waals surface area contributed by atoms with Crippen molar-refractivity contribution in [1.82, 2.24) is 14.4 Å². The molecule has 0 aliphatic carbocycles. The predicted octanol–water partition coefficient (Wildman–Crippen LogP) is 2.96. The molecule has 4 aromatic heterocycles. The van der Waals surface area contributed by atoms with Crippen LogP contribution >= 0.6 is 11.3 Å². The Labute approximate surface area is 199 Å². The Morgan fingerprint density at radius 1 is 1.09 bits per heavy atom. The van der Waals surface area contributed by atoms with Gasteiger partial charge in [-0.1, -0.05) is 0 Å². The Morgan fingerprint density at radius 3 is 2.62 bits per heavy atom. The van der Waals surface area contributed by atoms with Gasteiger partial charge in [-0.2, -0.15) is 0 Å². The van der Waals surface area contributed by atoms with Crippen LogP contribution in [-0.4, -0.2) is 50.2 Å². The summed E-state index contributed by atoms with van der Waals surface area (Å²) in [6.07, 6.45) is 4.51. The molecule has 0 atom stereocenters. The minimum absolute atomic E-state index is 0.0966. The number of rotatable bonds is 9. The van der Waals surface area contributed by atoms with Crippen LogP contribution in [0.4, 0.5) is 5.69 Å². The molecule has 0 aliphatic heterocycles. The Hall–Kier alpha value is -3.48. The number of hydrogen-bond acceptors (Lipinski definition) is 9. The molecule has 0 unspecified atom stereocenters. The zero-order valence-electron chi connectivity index (χ0n) is 18.6. The molecule has 4 heterocycles. The van der Waals surface area contributed by atoms with Crippen LogP contribution in [0.2, 0.25) is 0 Å². The maximum Gasteiger partial charge on any atom is 0.300 e. The highest BCUT2D eigenvalue weighted by atomic mass is 32.2. The van der Waals surface area contributed by atoms with Gasteiger partial charge in [0.1, 0.15) is 22.2 Å². The molecule has 0 saturated carbocycles. The lowest BCUT2D eigenvalue weighted by atomic mass is 10.1. The van der Waals surface area contributed by atoms with Gasteiger partial charge >= 0.3 is 0 Å². The molecule has 178 valence electrons. The van der Waals surface area contributed by atoms with Gasteiger partial charge in [-0.15, -0.1) is 11.3 Å². The number of aryl methyl sites for hydroxylation is 1. The first-order chi connectivity index (χ1) is 16.3. The molecule has 0 fully saturated rings. The van der Waals surface area contributed by atoms with Crippen molar-refractivity contribution in [3.8, 4) is 22.8 Å². The summed E-state index contributed by atoms with van der Waals surface area (Å²) >= 11 is 1.12. The smallest absolute Gasteiger partial charge is 0.300 e. The van der Waals surface area contributed by atoms with E-state index in [1.54, 1.807) is 49.9 Å².